The minimum Gasteiger partial charge on any atom is -0.382 e. The molecule has 0 unspecified atom stereocenters. The smallest absolute Gasteiger partial charge is 0.159 e. The molecule has 1 aromatic heterocycles. The molecule has 27 heavy (non-hydrogen) atoms. The van der Waals surface area contributed by atoms with Crippen molar-refractivity contribution in [3.63, 3.8) is 0 Å². The van der Waals surface area contributed by atoms with Gasteiger partial charge in [0, 0.05) is 18.7 Å². The molecule has 0 bridgehead atoms. The average molecular weight is 364 g/mol. The first kappa shape index (κ1) is 17.3. The van der Waals surface area contributed by atoms with E-state index < -0.39 is 11.6 Å². The lowest BCUT2D eigenvalue weighted by molar-refractivity contribution is 0.366. The molecule has 0 saturated carbocycles. The highest BCUT2D eigenvalue weighted by Crippen LogP contribution is 2.32. The van der Waals surface area contributed by atoms with Crippen molar-refractivity contribution < 1.29 is 8.78 Å². The second-order valence-electron chi connectivity index (χ2n) is 6.66. The lowest BCUT2D eigenvalue weighted by atomic mass is 9.92. The topological polar surface area (TPSA) is 55.0 Å². The molecule has 0 amide bonds. The van der Waals surface area contributed by atoms with Crippen LogP contribution in [0.1, 0.15) is 16.7 Å². The van der Waals surface area contributed by atoms with Gasteiger partial charge in [0.1, 0.15) is 5.82 Å². The maximum Gasteiger partial charge on any atom is 0.159 e. The Kier molecular flexibility index (Phi) is 4.41. The molecule has 0 radical (unpaired) electrons. The van der Waals surface area contributed by atoms with E-state index in [9.17, 15) is 8.78 Å². The molecule has 0 saturated heterocycles. The standard InChI is InChI=1S/C21H18F2N4/c1-27-9-8-17(13-3-5-18(22)19(23)11-13)16-4-2-14(10-15(16)12-27)20-6-7-21(24)26-25-20/h2-8,10-11H,9,12H2,1H3,(H2,24,26). The van der Waals surface area contributed by atoms with Crippen LogP contribution in [0.4, 0.5) is 14.6 Å². The summed E-state index contributed by atoms with van der Waals surface area (Å²) in [5.41, 5.74) is 10.9. The number of benzene rings is 2. The molecule has 0 fully saturated rings. The van der Waals surface area contributed by atoms with Crippen molar-refractivity contribution in [1.29, 1.82) is 0 Å². The number of nitrogen functional groups attached to an aromatic ring is 1. The zero-order chi connectivity index (χ0) is 19.0. The summed E-state index contributed by atoms with van der Waals surface area (Å²) in [7, 11) is 2.02. The van der Waals surface area contributed by atoms with E-state index in [0.717, 1.165) is 40.6 Å². The van der Waals surface area contributed by atoms with E-state index in [4.69, 9.17) is 5.73 Å². The number of likely N-dealkylation sites (N-methyl/N-ethyl adjacent to an activating group) is 1. The van der Waals surface area contributed by atoms with Gasteiger partial charge in [0.05, 0.1) is 5.69 Å². The predicted octanol–water partition coefficient (Wildman–Crippen LogP) is 3.88. The van der Waals surface area contributed by atoms with Crippen LogP contribution in [0.5, 0.6) is 0 Å². The molecular weight excluding hydrogens is 346 g/mol. The Hall–Kier alpha value is -3.12. The molecule has 3 aromatic rings. The summed E-state index contributed by atoms with van der Waals surface area (Å²) in [6.07, 6.45) is 2.04. The van der Waals surface area contributed by atoms with Crippen LogP contribution in [0.2, 0.25) is 0 Å². The third-order valence-electron chi connectivity index (χ3n) is 4.65. The van der Waals surface area contributed by atoms with Crippen LogP contribution in [0.3, 0.4) is 0 Å². The van der Waals surface area contributed by atoms with Gasteiger partial charge in [-0.1, -0.05) is 24.3 Å². The number of fused-ring (bicyclic) bond motifs is 1. The van der Waals surface area contributed by atoms with Crippen molar-refractivity contribution in [3.8, 4) is 11.3 Å². The maximum atomic E-state index is 13.8. The summed E-state index contributed by atoms with van der Waals surface area (Å²) in [5, 5.41) is 8.05. The first-order valence-electron chi connectivity index (χ1n) is 8.58. The molecular formula is C21H18F2N4. The van der Waals surface area contributed by atoms with E-state index in [2.05, 4.69) is 21.2 Å². The van der Waals surface area contributed by atoms with Gasteiger partial charge in [0.25, 0.3) is 0 Å². The fourth-order valence-electron chi connectivity index (χ4n) is 3.29. The first-order valence-corrected chi connectivity index (χ1v) is 8.58. The molecule has 0 aliphatic carbocycles. The minimum absolute atomic E-state index is 0.372. The molecule has 1 aliphatic heterocycles. The lowest BCUT2D eigenvalue weighted by Gasteiger charge is -2.15. The zero-order valence-electron chi connectivity index (χ0n) is 14.8. The van der Waals surface area contributed by atoms with E-state index in [1.165, 1.54) is 6.07 Å². The van der Waals surface area contributed by atoms with Gasteiger partial charge in [-0.25, -0.2) is 8.78 Å². The molecule has 1 aliphatic rings. The van der Waals surface area contributed by atoms with Crippen LogP contribution in [-0.2, 0) is 6.54 Å². The SMILES string of the molecule is CN1CC=C(c2ccc(F)c(F)c2)c2ccc(-c3ccc(N)nn3)cc2C1. The van der Waals surface area contributed by atoms with E-state index in [1.807, 2.05) is 31.3 Å². The van der Waals surface area contributed by atoms with Crippen molar-refractivity contribution in [2.24, 2.45) is 0 Å². The third kappa shape index (κ3) is 3.44. The molecule has 2 heterocycles. The zero-order valence-corrected chi connectivity index (χ0v) is 14.8. The minimum atomic E-state index is -0.846. The Bertz CT molecular complexity index is 1030. The predicted molar refractivity (Wildman–Crippen MR) is 102 cm³/mol. The van der Waals surface area contributed by atoms with Gasteiger partial charge in [-0.15, -0.1) is 10.2 Å². The molecule has 0 spiro atoms. The van der Waals surface area contributed by atoms with Crippen molar-refractivity contribution in [2.75, 3.05) is 19.3 Å². The number of nitrogens with two attached hydrogens (primary N) is 1. The van der Waals surface area contributed by atoms with Gasteiger partial charge in [0.2, 0.25) is 0 Å². The normalized spacial score (nSPS) is 14.4. The van der Waals surface area contributed by atoms with Crippen molar-refractivity contribution in [2.45, 2.75) is 6.54 Å². The molecule has 6 heteroatoms. The summed E-state index contributed by atoms with van der Waals surface area (Å²) in [4.78, 5) is 2.16. The largest absolute Gasteiger partial charge is 0.382 e. The highest BCUT2D eigenvalue weighted by atomic mass is 19.2. The highest BCUT2D eigenvalue weighted by molar-refractivity contribution is 5.83. The Morgan fingerprint density at radius 2 is 1.74 bits per heavy atom. The van der Waals surface area contributed by atoms with Crippen LogP contribution in [0.15, 0.2) is 54.6 Å². The van der Waals surface area contributed by atoms with Crippen LogP contribution in [0.25, 0.3) is 16.8 Å². The monoisotopic (exact) mass is 364 g/mol. The number of aromatic nitrogens is 2. The molecule has 4 nitrogen and oxygen atoms in total. The number of hydrogen-bond acceptors (Lipinski definition) is 4. The molecule has 0 atom stereocenters. The van der Waals surface area contributed by atoms with E-state index in [1.54, 1.807) is 12.1 Å². The lowest BCUT2D eigenvalue weighted by Crippen LogP contribution is -2.16. The Morgan fingerprint density at radius 1 is 0.926 bits per heavy atom. The van der Waals surface area contributed by atoms with Gasteiger partial charge >= 0.3 is 0 Å². The molecule has 4 rings (SSSR count). The number of hydrogen-bond donors (Lipinski definition) is 1. The van der Waals surface area contributed by atoms with Gasteiger partial charge in [-0.3, -0.25) is 4.90 Å². The van der Waals surface area contributed by atoms with Crippen molar-refractivity contribution in [3.05, 3.63) is 82.9 Å². The second-order valence-corrected chi connectivity index (χ2v) is 6.66. The Morgan fingerprint density at radius 3 is 2.48 bits per heavy atom. The Balaban J connectivity index is 1.81. The summed E-state index contributed by atoms with van der Waals surface area (Å²) in [6.45, 7) is 1.44. The average Bonchev–Trinajstić information content (AvgIpc) is 2.82. The summed E-state index contributed by atoms with van der Waals surface area (Å²) in [5.74, 6) is -1.32. The van der Waals surface area contributed by atoms with Crippen molar-refractivity contribution >= 4 is 11.4 Å². The van der Waals surface area contributed by atoms with Gasteiger partial charge in [-0.05, 0) is 59.6 Å². The highest BCUT2D eigenvalue weighted by Gasteiger charge is 2.18. The van der Waals surface area contributed by atoms with E-state index in [-0.39, 0.29) is 0 Å². The number of nitrogens with zero attached hydrogens (tertiary/aromatic N) is 3. The number of halogens is 2. The van der Waals surface area contributed by atoms with E-state index in [0.29, 0.717) is 17.9 Å². The molecule has 2 aromatic carbocycles. The fraction of sp³-hybridized carbons (Fsp3) is 0.143. The van der Waals surface area contributed by atoms with Crippen LogP contribution < -0.4 is 5.73 Å². The van der Waals surface area contributed by atoms with Crippen LogP contribution >= 0.6 is 0 Å². The second kappa shape index (κ2) is 6.89. The van der Waals surface area contributed by atoms with Crippen LogP contribution in [0, 0.1) is 11.6 Å². The van der Waals surface area contributed by atoms with E-state index >= 15 is 0 Å². The van der Waals surface area contributed by atoms with Gasteiger partial charge < -0.3 is 5.73 Å². The van der Waals surface area contributed by atoms with Gasteiger partial charge in [-0.2, -0.15) is 0 Å². The summed E-state index contributed by atoms with van der Waals surface area (Å²) < 4.78 is 27.1. The van der Waals surface area contributed by atoms with Gasteiger partial charge in [0.15, 0.2) is 11.6 Å². The first-order chi connectivity index (χ1) is 13.0. The summed E-state index contributed by atoms with van der Waals surface area (Å²) >= 11 is 0. The van der Waals surface area contributed by atoms with Crippen molar-refractivity contribution in [1.82, 2.24) is 15.1 Å². The quantitative estimate of drug-likeness (QED) is 0.750. The maximum absolute atomic E-state index is 13.8. The molecule has 136 valence electrons. The Labute approximate surface area is 156 Å². The van der Waals surface area contributed by atoms with Crippen LogP contribution in [-0.4, -0.2) is 28.7 Å². The number of rotatable bonds is 2. The fourth-order valence-corrected chi connectivity index (χ4v) is 3.29. The third-order valence-corrected chi connectivity index (χ3v) is 4.65. The molecule has 2 N–H and O–H groups in total. The summed E-state index contributed by atoms with van der Waals surface area (Å²) in [6, 6.07) is 13.6. The number of anilines is 1.